The molecular formula is C8H18N2. The number of nitrogens with two attached hydrogens (primary N) is 1. The highest BCUT2D eigenvalue weighted by atomic mass is 15.1. The Morgan fingerprint density at radius 2 is 2.20 bits per heavy atom. The van der Waals surface area contributed by atoms with Gasteiger partial charge in [0.2, 0.25) is 0 Å². The third-order valence-electron chi connectivity index (χ3n) is 2.73. The van der Waals surface area contributed by atoms with Crippen LogP contribution in [-0.4, -0.2) is 18.1 Å². The molecule has 1 aliphatic heterocycles. The van der Waals surface area contributed by atoms with Gasteiger partial charge in [-0.3, -0.25) is 0 Å². The summed E-state index contributed by atoms with van der Waals surface area (Å²) in [5.41, 5.74) is 5.85. The van der Waals surface area contributed by atoms with E-state index in [0.29, 0.717) is 11.6 Å². The molecule has 2 nitrogen and oxygen atoms in total. The van der Waals surface area contributed by atoms with Gasteiger partial charge in [-0.25, -0.2) is 0 Å². The average molecular weight is 142 g/mol. The van der Waals surface area contributed by atoms with Crippen molar-refractivity contribution in [1.82, 2.24) is 5.32 Å². The van der Waals surface area contributed by atoms with Gasteiger partial charge in [0.25, 0.3) is 0 Å². The molecule has 2 unspecified atom stereocenters. The maximum atomic E-state index is 5.55. The van der Waals surface area contributed by atoms with Crippen LogP contribution in [0.1, 0.15) is 27.2 Å². The van der Waals surface area contributed by atoms with E-state index in [1.807, 2.05) is 0 Å². The largest absolute Gasteiger partial charge is 0.329 e. The molecular weight excluding hydrogens is 124 g/mol. The standard InChI is InChI=1S/C8H18N2/c1-6-4-7(5-9)10-8(6,2)3/h6-7,10H,4-5,9H2,1-3H3. The summed E-state index contributed by atoms with van der Waals surface area (Å²) in [7, 11) is 0. The van der Waals surface area contributed by atoms with E-state index in [-0.39, 0.29) is 0 Å². The van der Waals surface area contributed by atoms with Crippen LogP contribution in [0.3, 0.4) is 0 Å². The van der Waals surface area contributed by atoms with Gasteiger partial charge < -0.3 is 11.1 Å². The van der Waals surface area contributed by atoms with Crippen LogP contribution in [0.25, 0.3) is 0 Å². The molecule has 0 aromatic carbocycles. The number of rotatable bonds is 1. The first-order valence-corrected chi connectivity index (χ1v) is 4.04. The van der Waals surface area contributed by atoms with Crippen LogP contribution in [0.2, 0.25) is 0 Å². The van der Waals surface area contributed by atoms with Crippen LogP contribution < -0.4 is 11.1 Å². The van der Waals surface area contributed by atoms with Gasteiger partial charge in [-0.05, 0) is 26.2 Å². The van der Waals surface area contributed by atoms with Crippen LogP contribution >= 0.6 is 0 Å². The van der Waals surface area contributed by atoms with Crippen molar-refractivity contribution in [2.45, 2.75) is 38.8 Å². The van der Waals surface area contributed by atoms with Crippen LogP contribution in [-0.2, 0) is 0 Å². The highest BCUT2D eigenvalue weighted by molar-refractivity contribution is 4.95. The fraction of sp³-hybridized carbons (Fsp3) is 1.00. The average Bonchev–Trinajstić information content (AvgIpc) is 2.08. The third kappa shape index (κ3) is 1.32. The maximum Gasteiger partial charge on any atom is 0.0198 e. The number of hydrogen-bond acceptors (Lipinski definition) is 2. The lowest BCUT2D eigenvalue weighted by Crippen LogP contribution is -2.42. The lowest BCUT2D eigenvalue weighted by molar-refractivity contribution is 0.353. The highest BCUT2D eigenvalue weighted by Crippen LogP contribution is 2.28. The SMILES string of the molecule is CC1CC(CN)NC1(C)C. The highest BCUT2D eigenvalue weighted by Gasteiger charge is 2.35. The van der Waals surface area contributed by atoms with Crippen molar-refractivity contribution in [1.29, 1.82) is 0 Å². The van der Waals surface area contributed by atoms with E-state index in [4.69, 9.17) is 5.73 Å². The third-order valence-corrected chi connectivity index (χ3v) is 2.73. The second-order valence-corrected chi connectivity index (χ2v) is 3.94. The summed E-state index contributed by atoms with van der Waals surface area (Å²) >= 11 is 0. The molecule has 60 valence electrons. The molecule has 2 heteroatoms. The maximum absolute atomic E-state index is 5.55. The van der Waals surface area contributed by atoms with Gasteiger partial charge in [0.15, 0.2) is 0 Å². The summed E-state index contributed by atoms with van der Waals surface area (Å²) in [5.74, 6) is 0.751. The summed E-state index contributed by atoms with van der Waals surface area (Å²) in [5, 5.41) is 3.50. The van der Waals surface area contributed by atoms with Crippen LogP contribution in [0, 0.1) is 5.92 Å². The first-order chi connectivity index (χ1) is 4.56. The molecule has 1 fully saturated rings. The predicted molar refractivity (Wildman–Crippen MR) is 43.8 cm³/mol. The van der Waals surface area contributed by atoms with Crippen molar-refractivity contribution in [3.8, 4) is 0 Å². The molecule has 0 amide bonds. The molecule has 1 aliphatic rings. The second kappa shape index (κ2) is 2.51. The molecule has 1 saturated heterocycles. The van der Waals surface area contributed by atoms with Crippen molar-refractivity contribution in [3.63, 3.8) is 0 Å². The number of hydrogen-bond donors (Lipinski definition) is 2. The Hall–Kier alpha value is -0.0800. The van der Waals surface area contributed by atoms with E-state index in [0.717, 1.165) is 12.5 Å². The van der Waals surface area contributed by atoms with Crippen molar-refractivity contribution in [3.05, 3.63) is 0 Å². The second-order valence-electron chi connectivity index (χ2n) is 3.94. The van der Waals surface area contributed by atoms with Gasteiger partial charge in [0.1, 0.15) is 0 Å². The Labute approximate surface area is 63.2 Å². The van der Waals surface area contributed by atoms with Gasteiger partial charge in [-0.2, -0.15) is 0 Å². The smallest absolute Gasteiger partial charge is 0.0198 e. The molecule has 0 aromatic rings. The fourth-order valence-corrected chi connectivity index (χ4v) is 1.60. The lowest BCUT2D eigenvalue weighted by Gasteiger charge is -2.24. The molecule has 2 atom stereocenters. The quantitative estimate of drug-likeness (QED) is 0.566. The van der Waals surface area contributed by atoms with Crippen LogP contribution in [0.4, 0.5) is 0 Å². The van der Waals surface area contributed by atoms with E-state index in [1.54, 1.807) is 0 Å². The molecule has 1 heterocycles. The molecule has 0 bridgehead atoms. The van der Waals surface area contributed by atoms with E-state index >= 15 is 0 Å². The molecule has 10 heavy (non-hydrogen) atoms. The van der Waals surface area contributed by atoms with E-state index in [1.165, 1.54) is 6.42 Å². The van der Waals surface area contributed by atoms with Crippen LogP contribution in [0.15, 0.2) is 0 Å². The first-order valence-electron chi connectivity index (χ1n) is 4.04. The zero-order valence-corrected chi connectivity index (χ0v) is 7.15. The molecule has 3 N–H and O–H groups in total. The lowest BCUT2D eigenvalue weighted by atomic mass is 9.91. The summed E-state index contributed by atoms with van der Waals surface area (Å²) in [6.45, 7) is 7.54. The normalized spacial score (nSPS) is 38.4. The first kappa shape index (κ1) is 8.02. The molecule has 0 aliphatic carbocycles. The van der Waals surface area contributed by atoms with Gasteiger partial charge in [-0.15, -0.1) is 0 Å². The summed E-state index contributed by atoms with van der Waals surface area (Å²) in [6.07, 6.45) is 1.23. The van der Waals surface area contributed by atoms with Crippen molar-refractivity contribution in [2.24, 2.45) is 11.7 Å². The van der Waals surface area contributed by atoms with Crippen molar-refractivity contribution in [2.75, 3.05) is 6.54 Å². The van der Waals surface area contributed by atoms with Crippen molar-refractivity contribution >= 4 is 0 Å². The Morgan fingerprint density at radius 1 is 1.60 bits per heavy atom. The van der Waals surface area contributed by atoms with Crippen LogP contribution in [0.5, 0.6) is 0 Å². The van der Waals surface area contributed by atoms with Gasteiger partial charge >= 0.3 is 0 Å². The minimum Gasteiger partial charge on any atom is -0.329 e. The zero-order valence-electron chi connectivity index (χ0n) is 7.15. The van der Waals surface area contributed by atoms with Gasteiger partial charge in [0, 0.05) is 18.1 Å². The zero-order chi connectivity index (χ0) is 7.78. The minimum absolute atomic E-state index is 0.296. The monoisotopic (exact) mass is 142 g/mol. The molecule has 1 rings (SSSR count). The Morgan fingerprint density at radius 3 is 2.40 bits per heavy atom. The summed E-state index contributed by atoms with van der Waals surface area (Å²) in [4.78, 5) is 0. The van der Waals surface area contributed by atoms with E-state index in [2.05, 4.69) is 26.1 Å². The Balaban J connectivity index is 2.53. The molecule has 0 radical (unpaired) electrons. The molecule has 0 spiro atoms. The van der Waals surface area contributed by atoms with Crippen molar-refractivity contribution < 1.29 is 0 Å². The summed E-state index contributed by atoms with van der Waals surface area (Å²) < 4.78 is 0. The fourth-order valence-electron chi connectivity index (χ4n) is 1.60. The number of nitrogens with one attached hydrogen (secondary N) is 1. The Kier molecular flexibility index (Phi) is 2.02. The molecule has 0 saturated carbocycles. The predicted octanol–water partition coefficient (Wildman–Crippen LogP) is 0.722. The van der Waals surface area contributed by atoms with Gasteiger partial charge in [0.05, 0.1) is 0 Å². The van der Waals surface area contributed by atoms with E-state index in [9.17, 15) is 0 Å². The van der Waals surface area contributed by atoms with E-state index < -0.39 is 0 Å². The minimum atomic E-state index is 0.296. The van der Waals surface area contributed by atoms with Gasteiger partial charge in [-0.1, -0.05) is 6.92 Å². The summed E-state index contributed by atoms with van der Waals surface area (Å²) in [6, 6.07) is 0.546. The molecule has 0 aromatic heterocycles. The topological polar surface area (TPSA) is 38.0 Å². The Bertz CT molecular complexity index is 120.